The van der Waals surface area contributed by atoms with E-state index in [0.29, 0.717) is 5.69 Å². The monoisotopic (exact) mass is 238 g/mol. The predicted molar refractivity (Wildman–Crippen MR) is 65.8 cm³/mol. The predicted octanol–water partition coefficient (Wildman–Crippen LogP) is 1.20. The molecule has 5 nitrogen and oxygen atoms in total. The molecule has 0 saturated heterocycles. The minimum absolute atomic E-state index is 0.0646. The Morgan fingerprint density at radius 1 is 1.41 bits per heavy atom. The number of nitrogens with zero attached hydrogens (tertiary/aromatic N) is 1. The summed E-state index contributed by atoms with van der Waals surface area (Å²) in [7, 11) is 1.61. The van der Waals surface area contributed by atoms with Crippen molar-refractivity contribution in [1.82, 2.24) is 4.90 Å². The van der Waals surface area contributed by atoms with E-state index >= 15 is 0 Å². The standard InChI is InChI=1S/C12H18N2O3/c1-9(16)10-3-5-11(6-4-10)13-12(17)14(2)7-8-15/h3-6,9,15-16H,7-8H2,1-2H3,(H,13,17). The van der Waals surface area contributed by atoms with Crippen LogP contribution >= 0.6 is 0 Å². The van der Waals surface area contributed by atoms with E-state index in [4.69, 9.17) is 5.11 Å². The number of rotatable bonds is 4. The Kier molecular flexibility index (Phi) is 4.93. The van der Waals surface area contributed by atoms with Crippen LogP contribution in [-0.2, 0) is 0 Å². The largest absolute Gasteiger partial charge is 0.395 e. The van der Waals surface area contributed by atoms with Gasteiger partial charge in [-0.05, 0) is 24.6 Å². The summed E-state index contributed by atoms with van der Waals surface area (Å²) < 4.78 is 0. The normalized spacial score (nSPS) is 12.0. The van der Waals surface area contributed by atoms with Crippen molar-refractivity contribution in [2.75, 3.05) is 25.5 Å². The first kappa shape index (κ1) is 13.5. The third kappa shape index (κ3) is 4.05. The van der Waals surface area contributed by atoms with Gasteiger partial charge in [-0.25, -0.2) is 4.79 Å². The first-order chi connectivity index (χ1) is 8.04. The summed E-state index contributed by atoms with van der Waals surface area (Å²) in [4.78, 5) is 13.0. The molecule has 0 aromatic heterocycles. The number of hydrogen-bond donors (Lipinski definition) is 3. The topological polar surface area (TPSA) is 72.8 Å². The molecule has 1 unspecified atom stereocenters. The lowest BCUT2D eigenvalue weighted by Crippen LogP contribution is -2.33. The van der Waals surface area contributed by atoms with Gasteiger partial charge in [0.05, 0.1) is 12.7 Å². The minimum Gasteiger partial charge on any atom is -0.395 e. The Balaban J connectivity index is 2.60. The maximum Gasteiger partial charge on any atom is 0.321 e. The van der Waals surface area contributed by atoms with Crippen LogP contribution in [0.2, 0.25) is 0 Å². The van der Waals surface area contributed by atoms with Gasteiger partial charge < -0.3 is 20.4 Å². The van der Waals surface area contributed by atoms with E-state index in [1.807, 2.05) is 0 Å². The molecular weight excluding hydrogens is 220 g/mol. The van der Waals surface area contributed by atoms with Crippen molar-refractivity contribution >= 4 is 11.7 Å². The van der Waals surface area contributed by atoms with E-state index in [2.05, 4.69) is 5.32 Å². The quantitative estimate of drug-likeness (QED) is 0.738. The molecule has 0 aliphatic rings. The average Bonchev–Trinajstić information content (AvgIpc) is 2.30. The fraction of sp³-hybridized carbons (Fsp3) is 0.417. The molecule has 5 heteroatoms. The van der Waals surface area contributed by atoms with E-state index in [9.17, 15) is 9.90 Å². The molecule has 3 N–H and O–H groups in total. The number of urea groups is 1. The van der Waals surface area contributed by atoms with E-state index in [-0.39, 0.29) is 19.2 Å². The number of aliphatic hydroxyl groups is 2. The van der Waals surface area contributed by atoms with Gasteiger partial charge in [-0.15, -0.1) is 0 Å². The zero-order chi connectivity index (χ0) is 12.8. The zero-order valence-corrected chi connectivity index (χ0v) is 10.1. The van der Waals surface area contributed by atoms with Crippen LogP contribution in [0.5, 0.6) is 0 Å². The second kappa shape index (κ2) is 6.22. The average molecular weight is 238 g/mol. The number of carbonyl (C=O) groups excluding carboxylic acids is 1. The Bertz CT molecular complexity index is 363. The maximum atomic E-state index is 11.6. The van der Waals surface area contributed by atoms with Gasteiger partial charge >= 0.3 is 6.03 Å². The van der Waals surface area contributed by atoms with E-state index in [1.165, 1.54) is 4.90 Å². The van der Waals surface area contributed by atoms with Gasteiger partial charge in [0.1, 0.15) is 0 Å². The van der Waals surface area contributed by atoms with Gasteiger partial charge in [0.15, 0.2) is 0 Å². The van der Waals surface area contributed by atoms with Crippen molar-refractivity contribution in [2.24, 2.45) is 0 Å². The van der Waals surface area contributed by atoms with Gasteiger partial charge in [0, 0.05) is 19.3 Å². The summed E-state index contributed by atoms with van der Waals surface area (Å²) in [5, 5.41) is 20.7. The number of hydrogen-bond acceptors (Lipinski definition) is 3. The molecule has 1 rings (SSSR count). The van der Waals surface area contributed by atoms with Crippen LogP contribution in [0.25, 0.3) is 0 Å². The molecule has 1 atom stereocenters. The summed E-state index contributed by atoms with van der Waals surface area (Å²) in [5.74, 6) is 0. The third-order valence-corrected chi connectivity index (χ3v) is 2.43. The van der Waals surface area contributed by atoms with E-state index < -0.39 is 6.10 Å². The van der Waals surface area contributed by atoms with Gasteiger partial charge in [0.25, 0.3) is 0 Å². The fourth-order valence-electron chi connectivity index (χ4n) is 1.32. The zero-order valence-electron chi connectivity index (χ0n) is 10.1. The lowest BCUT2D eigenvalue weighted by molar-refractivity contribution is 0.199. The molecule has 0 spiro atoms. The third-order valence-electron chi connectivity index (χ3n) is 2.43. The highest BCUT2D eigenvalue weighted by Gasteiger charge is 2.08. The van der Waals surface area contributed by atoms with Crippen molar-refractivity contribution in [3.8, 4) is 0 Å². The SMILES string of the molecule is CC(O)c1ccc(NC(=O)N(C)CCO)cc1. The molecule has 0 aliphatic carbocycles. The van der Waals surface area contributed by atoms with Crippen LogP contribution in [0.15, 0.2) is 24.3 Å². The number of aliphatic hydroxyl groups excluding tert-OH is 2. The summed E-state index contributed by atoms with van der Waals surface area (Å²) in [5.41, 5.74) is 1.45. The number of benzene rings is 1. The molecule has 2 amide bonds. The molecule has 1 aromatic carbocycles. The smallest absolute Gasteiger partial charge is 0.321 e. The highest BCUT2D eigenvalue weighted by molar-refractivity contribution is 5.89. The Labute approximate surface area is 101 Å². The first-order valence-electron chi connectivity index (χ1n) is 5.45. The Hall–Kier alpha value is -1.59. The summed E-state index contributed by atoms with van der Waals surface area (Å²) in [6, 6.07) is 6.70. The van der Waals surface area contributed by atoms with Gasteiger partial charge in [-0.3, -0.25) is 0 Å². The molecule has 0 aliphatic heterocycles. The second-order valence-corrected chi connectivity index (χ2v) is 3.87. The van der Waals surface area contributed by atoms with Crippen LogP contribution in [0.1, 0.15) is 18.6 Å². The number of amides is 2. The van der Waals surface area contributed by atoms with E-state index in [1.54, 1.807) is 38.2 Å². The Morgan fingerprint density at radius 3 is 2.47 bits per heavy atom. The lowest BCUT2D eigenvalue weighted by atomic mass is 10.1. The molecular formula is C12H18N2O3. The van der Waals surface area contributed by atoms with Crippen molar-refractivity contribution in [3.63, 3.8) is 0 Å². The van der Waals surface area contributed by atoms with Crippen molar-refractivity contribution in [1.29, 1.82) is 0 Å². The van der Waals surface area contributed by atoms with E-state index in [0.717, 1.165) is 5.56 Å². The second-order valence-electron chi connectivity index (χ2n) is 3.87. The van der Waals surface area contributed by atoms with Crippen molar-refractivity contribution in [3.05, 3.63) is 29.8 Å². The van der Waals surface area contributed by atoms with Crippen LogP contribution in [0.4, 0.5) is 10.5 Å². The summed E-state index contributed by atoms with van der Waals surface area (Å²) >= 11 is 0. The number of carbonyl (C=O) groups is 1. The van der Waals surface area contributed by atoms with Crippen molar-refractivity contribution < 1.29 is 15.0 Å². The maximum absolute atomic E-state index is 11.6. The van der Waals surface area contributed by atoms with Gasteiger partial charge in [-0.2, -0.15) is 0 Å². The molecule has 0 saturated carbocycles. The number of anilines is 1. The number of likely N-dealkylation sites (N-methyl/N-ethyl adjacent to an activating group) is 1. The molecule has 1 aromatic rings. The number of nitrogens with one attached hydrogen (secondary N) is 1. The molecule has 0 fully saturated rings. The van der Waals surface area contributed by atoms with Crippen LogP contribution in [-0.4, -0.2) is 41.3 Å². The highest BCUT2D eigenvalue weighted by Crippen LogP contribution is 2.15. The van der Waals surface area contributed by atoms with Crippen molar-refractivity contribution in [2.45, 2.75) is 13.0 Å². The molecule has 17 heavy (non-hydrogen) atoms. The highest BCUT2D eigenvalue weighted by atomic mass is 16.3. The van der Waals surface area contributed by atoms with Crippen LogP contribution < -0.4 is 5.32 Å². The van der Waals surface area contributed by atoms with Gasteiger partial charge in [-0.1, -0.05) is 12.1 Å². The molecule has 0 heterocycles. The molecule has 0 radical (unpaired) electrons. The van der Waals surface area contributed by atoms with Crippen LogP contribution in [0.3, 0.4) is 0 Å². The molecule has 94 valence electrons. The molecule has 0 bridgehead atoms. The summed E-state index contributed by atoms with van der Waals surface area (Å²) in [6.07, 6.45) is -0.517. The fourth-order valence-corrected chi connectivity index (χ4v) is 1.32. The Morgan fingerprint density at radius 2 is 2.00 bits per heavy atom. The lowest BCUT2D eigenvalue weighted by Gasteiger charge is -2.16. The minimum atomic E-state index is -0.517. The van der Waals surface area contributed by atoms with Crippen LogP contribution in [0, 0.1) is 0 Å². The van der Waals surface area contributed by atoms with Gasteiger partial charge in [0.2, 0.25) is 0 Å². The summed E-state index contributed by atoms with van der Waals surface area (Å²) in [6.45, 7) is 1.91. The first-order valence-corrected chi connectivity index (χ1v) is 5.45.